The molecule has 0 amide bonds. The SMILES string of the molecule is Cc1[c-]nco1.[V]. The van der Waals surface area contributed by atoms with E-state index in [9.17, 15) is 0 Å². The average molecular weight is 133 g/mol. The quantitative estimate of drug-likeness (QED) is 0.489. The van der Waals surface area contributed by atoms with E-state index in [-0.39, 0.29) is 18.6 Å². The zero-order chi connectivity index (χ0) is 4.41. The van der Waals surface area contributed by atoms with E-state index in [1.807, 2.05) is 0 Å². The fourth-order valence-corrected chi connectivity index (χ4v) is 0.249. The number of hydrogen-bond acceptors (Lipinski definition) is 2. The van der Waals surface area contributed by atoms with Crippen molar-refractivity contribution in [3.63, 3.8) is 0 Å². The Kier molecular flexibility index (Phi) is 2.80. The van der Waals surface area contributed by atoms with Gasteiger partial charge < -0.3 is 9.40 Å². The molecule has 0 aromatic carbocycles. The van der Waals surface area contributed by atoms with Crippen LogP contribution in [-0.4, -0.2) is 4.98 Å². The third-order valence-corrected chi connectivity index (χ3v) is 0.504. The van der Waals surface area contributed by atoms with E-state index in [0.29, 0.717) is 0 Å². The van der Waals surface area contributed by atoms with Gasteiger partial charge in [-0.15, -0.1) is 6.20 Å². The van der Waals surface area contributed by atoms with E-state index in [4.69, 9.17) is 0 Å². The summed E-state index contributed by atoms with van der Waals surface area (Å²) in [6.07, 6.45) is 3.94. The number of aryl methyl sites for hydroxylation is 1. The molecule has 0 unspecified atom stereocenters. The molecule has 1 aromatic heterocycles. The molecule has 0 aliphatic rings. The fourth-order valence-electron chi connectivity index (χ4n) is 0.249. The van der Waals surface area contributed by atoms with Crippen molar-refractivity contribution in [2.24, 2.45) is 0 Å². The molecule has 3 heteroatoms. The zero-order valence-electron chi connectivity index (χ0n) is 3.88. The summed E-state index contributed by atoms with van der Waals surface area (Å²) in [6.45, 7) is 1.80. The molecule has 1 radical (unpaired) electrons. The van der Waals surface area contributed by atoms with Gasteiger partial charge in [0.15, 0.2) is 0 Å². The molecule has 0 aliphatic carbocycles. The first-order chi connectivity index (χ1) is 2.89. The Labute approximate surface area is 53.8 Å². The van der Waals surface area contributed by atoms with Gasteiger partial charge in [-0.1, -0.05) is 0 Å². The van der Waals surface area contributed by atoms with E-state index in [1.54, 1.807) is 6.92 Å². The van der Waals surface area contributed by atoms with Crippen molar-refractivity contribution in [1.29, 1.82) is 0 Å². The average Bonchev–Trinajstić information content (AvgIpc) is 1.86. The smallest absolute Gasteiger partial charge is 0.0221 e. The standard InChI is InChI=1S/C4H4NO.V/c1-4-2-5-3-6-4;/h3H,1H3;/q-1;. The van der Waals surface area contributed by atoms with Crippen LogP contribution in [0, 0.1) is 13.1 Å². The summed E-state index contributed by atoms with van der Waals surface area (Å²) in [6, 6.07) is 0. The van der Waals surface area contributed by atoms with Crippen LogP contribution in [0.25, 0.3) is 0 Å². The molecular weight excluding hydrogens is 129 g/mol. The van der Waals surface area contributed by atoms with Gasteiger partial charge in [0.2, 0.25) is 0 Å². The first-order valence-corrected chi connectivity index (χ1v) is 1.67. The van der Waals surface area contributed by atoms with Crippen LogP contribution in [0.5, 0.6) is 0 Å². The van der Waals surface area contributed by atoms with Gasteiger partial charge in [-0.05, 0) is 6.92 Å². The van der Waals surface area contributed by atoms with Crippen LogP contribution in [0.2, 0.25) is 0 Å². The molecule has 37 valence electrons. The van der Waals surface area contributed by atoms with Gasteiger partial charge >= 0.3 is 0 Å². The molecule has 0 N–H and O–H groups in total. The number of rotatable bonds is 0. The summed E-state index contributed by atoms with van der Waals surface area (Å²) < 4.78 is 4.67. The molecule has 0 spiro atoms. The van der Waals surface area contributed by atoms with Crippen molar-refractivity contribution in [1.82, 2.24) is 4.98 Å². The monoisotopic (exact) mass is 133 g/mol. The number of aromatic nitrogens is 1. The van der Waals surface area contributed by atoms with Crippen molar-refractivity contribution in [2.75, 3.05) is 0 Å². The first kappa shape index (κ1) is 6.79. The van der Waals surface area contributed by atoms with Gasteiger partial charge in [0.25, 0.3) is 0 Å². The Bertz CT molecular complexity index is 115. The third-order valence-electron chi connectivity index (χ3n) is 0.504. The van der Waals surface area contributed by atoms with E-state index in [0.717, 1.165) is 5.76 Å². The summed E-state index contributed by atoms with van der Waals surface area (Å²) in [5.74, 6) is 0.731. The van der Waals surface area contributed by atoms with Crippen molar-refractivity contribution in [3.05, 3.63) is 18.4 Å². The van der Waals surface area contributed by atoms with Gasteiger partial charge in [-0.3, -0.25) is 0 Å². The minimum absolute atomic E-state index is 0. The van der Waals surface area contributed by atoms with Crippen molar-refractivity contribution < 1.29 is 23.0 Å². The maximum Gasteiger partial charge on any atom is 0.0221 e. The van der Waals surface area contributed by atoms with E-state index in [1.165, 1.54) is 6.39 Å². The Morgan fingerprint density at radius 2 is 2.57 bits per heavy atom. The number of nitrogens with zero attached hydrogens (tertiary/aromatic N) is 1. The van der Waals surface area contributed by atoms with E-state index < -0.39 is 0 Å². The Morgan fingerprint density at radius 1 is 1.86 bits per heavy atom. The van der Waals surface area contributed by atoms with Gasteiger partial charge in [-0.2, -0.15) is 0 Å². The second-order valence-corrected chi connectivity index (χ2v) is 1.02. The second kappa shape index (κ2) is 2.89. The predicted octanol–water partition coefficient (Wildman–Crippen LogP) is 0.781. The molecule has 0 bridgehead atoms. The molecule has 0 atom stereocenters. The molecule has 1 aromatic rings. The summed E-state index contributed by atoms with van der Waals surface area (Å²) in [4.78, 5) is 3.53. The van der Waals surface area contributed by atoms with E-state index >= 15 is 0 Å². The van der Waals surface area contributed by atoms with Gasteiger partial charge in [0, 0.05) is 30.7 Å². The van der Waals surface area contributed by atoms with Crippen LogP contribution in [0.3, 0.4) is 0 Å². The van der Waals surface area contributed by atoms with Gasteiger partial charge in [0.1, 0.15) is 0 Å². The summed E-state index contributed by atoms with van der Waals surface area (Å²) in [5.41, 5.74) is 0. The minimum Gasteiger partial charge on any atom is -0.554 e. The number of hydrogen-bond donors (Lipinski definition) is 0. The van der Waals surface area contributed by atoms with Crippen LogP contribution >= 0.6 is 0 Å². The Hall–Kier alpha value is -0.206. The van der Waals surface area contributed by atoms with Crippen LogP contribution in [-0.2, 0) is 18.6 Å². The molecule has 0 saturated carbocycles. The van der Waals surface area contributed by atoms with Crippen molar-refractivity contribution in [3.8, 4) is 0 Å². The third kappa shape index (κ3) is 1.81. The van der Waals surface area contributed by atoms with Gasteiger partial charge in [0.05, 0.1) is 0 Å². The zero-order valence-corrected chi connectivity index (χ0v) is 5.28. The fraction of sp³-hybridized carbons (Fsp3) is 0.250. The largest absolute Gasteiger partial charge is 0.554 e. The molecular formula is C4H4NOV-. The molecule has 0 saturated heterocycles. The first-order valence-electron chi connectivity index (χ1n) is 1.67. The molecule has 1 rings (SSSR count). The Morgan fingerprint density at radius 3 is 2.71 bits per heavy atom. The summed E-state index contributed by atoms with van der Waals surface area (Å²) >= 11 is 0. The Balaban J connectivity index is 0.000000360. The van der Waals surface area contributed by atoms with Crippen LogP contribution in [0.1, 0.15) is 5.76 Å². The molecule has 7 heavy (non-hydrogen) atoms. The summed E-state index contributed by atoms with van der Waals surface area (Å²) in [5, 5.41) is 0. The van der Waals surface area contributed by atoms with Crippen molar-refractivity contribution >= 4 is 0 Å². The maximum atomic E-state index is 4.67. The molecule has 2 nitrogen and oxygen atoms in total. The summed E-state index contributed by atoms with van der Waals surface area (Å²) in [7, 11) is 0. The van der Waals surface area contributed by atoms with E-state index in [2.05, 4.69) is 15.6 Å². The van der Waals surface area contributed by atoms with Crippen LogP contribution in [0.4, 0.5) is 0 Å². The normalized spacial score (nSPS) is 7.57. The maximum absolute atomic E-state index is 4.67. The predicted molar refractivity (Wildman–Crippen MR) is 20.1 cm³/mol. The molecule has 1 heterocycles. The second-order valence-electron chi connectivity index (χ2n) is 1.02. The van der Waals surface area contributed by atoms with Gasteiger partial charge in [-0.25, -0.2) is 0 Å². The molecule has 0 fully saturated rings. The minimum atomic E-state index is 0. The topological polar surface area (TPSA) is 26.0 Å². The van der Waals surface area contributed by atoms with Crippen LogP contribution < -0.4 is 0 Å². The number of oxazole rings is 1. The van der Waals surface area contributed by atoms with Crippen LogP contribution in [0.15, 0.2) is 10.8 Å². The van der Waals surface area contributed by atoms with Crippen molar-refractivity contribution in [2.45, 2.75) is 6.92 Å². The molecule has 0 aliphatic heterocycles.